The van der Waals surface area contributed by atoms with Crippen molar-refractivity contribution in [1.82, 2.24) is 4.90 Å². The summed E-state index contributed by atoms with van der Waals surface area (Å²) in [7, 11) is 9.09. The number of Topliss-reactive ketones (excluding diaryl/α,β-unsaturated/α-hetero) is 1. The second-order valence-electron chi connectivity index (χ2n) is 19.5. The molecule has 3 aliphatic heterocycles. The summed E-state index contributed by atoms with van der Waals surface area (Å²) >= 11 is 0. The molecule has 62 heavy (non-hydrogen) atoms. The van der Waals surface area contributed by atoms with Gasteiger partial charge in [0.25, 0.3) is 0 Å². The number of allylic oxidation sites excluding steroid dienone is 2. The molecule has 6 aliphatic rings. The van der Waals surface area contributed by atoms with Crippen LogP contribution in [0, 0.1) is 49.4 Å². The Morgan fingerprint density at radius 1 is 0.855 bits per heavy atom. The topological polar surface area (TPSA) is 143 Å². The number of rotatable bonds is 11. The Bertz CT molecular complexity index is 1700. The molecule has 0 bridgehead atoms. The summed E-state index contributed by atoms with van der Waals surface area (Å²) in [5.41, 5.74) is 3.78. The number of ketones is 1. The molecule has 13 nitrogen and oxygen atoms in total. The van der Waals surface area contributed by atoms with Gasteiger partial charge in [0.2, 0.25) is 0 Å². The largest absolute Gasteiger partial charge is 0.462 e. The molecule has 0 aromatic heterocycles. The fourth-order valence-electron chi connectivity index (χ4n) is 12.4. The monoisotopic (exact) mass is 869 g/mol. The third kappa shape index (κ3) is 9.58. The van der Waals surface area contributed by atoms with Crippen molar-refractivity contribution in [3.8, 4) is 0 Å². The first-order valence-corrected chi connectivity index (χ1v) is 23.5. The molecule has 2 N–H and O–H groups in total. The van der Waals surface area contributed by atoms with E-state index in [1.807, 2.05) is 26.8 Å². The molecule has 0 spiro atoms. The van der Waals surface area contributed by atoms with E-state index in [4.69, 9.17) is 37.9 Å². The fourth-order valence-corrected chi connectivity index (χ4v) is 12.4. The highest BCUT2D eigenvalue weighted by atomic mass is 16.7. The van der Waals surface area contributed by atoms with Gasteiger partial charge in [-0.15, -0.1) is 0 Å². The van der Waals surface area contributed by atoms with Crippen molar-refractivity contribution in [2.24, 2.45) is 35.5 Å². The predicted octanol–water partition coefficient (Wildman–Crippen LogP) is 6.39. The maximum Gasteiger partial charge on any atom is 0.306 e. The molecule has 7 rings (SSSR count). The van der Waals surface area contributed by atoms with E-state index < -0.39 is 48.6 Å². The molecule has 3 aliphatic carbocycles. The van der Waals surface area contributed by atoms with Gasteiger partial charge in [-0.2, -0.15) is 0 Å². The molecule has 13 heteroatoms. The summed E-state index contributed by atoms with van der Waals surface area (Å²) in [6.45, 7) is 12.2. The van der Waals surface area contributed by atoms with Crippen LogP contribution < -0.4 is 5.32 Å². The standard InChI is InChI=1S/C49H76N2O11/c1-12-30-17-14-18-38(62-40-20-19-37(51(7)8)28(5)58-40)27(4)44(53)36-23-33-32-21-31(61-49-48(57-11)47(56-10)46(55-9)29(6)59-49)22-35(32)43(50-42-25(2)15-13-16-26(42)3)45(54)41(33)34(36)24-39(52)60-30/h13,15-16,23,27-35,37-38,40-41,43,45-50,54H,12,14,17-22,24H2,1-11H3/t27-,28?,29?,30+,31+,32+,33+,34-,35-,37+,38+,40+,41-,43+,45+,46+,47?,48?,49+/m1/s1. The number of anilines is 1. The number of para-hydroxylation sites is 1. The summed E-state index contributed by atoms with van der Waals surface area (Å²) in [4.78, 5) is 31.3. The summed E-state index contributed by atoms with van der Waals surface area (Å²) in [6.07, 6.45) is 3.54. The highest BCUT2D eigenvalue weighted by molar-refractivity contribution is 5.99. The van der Waals surface area contributed by atoms with E-state index in [1.54, 1.807) is 21.3 Å². The van der Waals surface area contributed by atoms with E-state index in [-0.39, 0.29) is 78.6 Å². The van der Waals surface area contributed by atoms with Gasteiger partial charge in [-0.25, -0.2) is 0 Å². The molecule has 1 aromatic carbocycles. The van der Waals surface area contributed by atoms with Gasteiger partial charge in [-0.05, 0) is 128 Å². The Morgan fingerprint density at radius 3 is 2.19 bits per heavy atom. The number of carbonyl (C=O) groups excluding carboxylic acids is 2. The Labute approximate surface area is 370 Å². The number of hydrogen-bond donors (Lipinski definition) is 2. The van der Waals surface area contributed by atoms with Crippen molar-refractivity contribution in [1.29, 1.82) is 0 Å². The predicted molar refractivity (Wildman–Crippen MR) is 234 cm³/mol. The number of carbonyl (C=O) groups is 2. The minimum absolute atomic E-state index is 0.00857. The number of benzene rings is 1. The number of aryl methyl sites for hydroxylation is 2. The zero-order valence-electron chi connectivity index (χ0n) is 39.1. The molecule has 3 saturated heterocycles. The first-order valence-electron chi connectivity index (χ1n) is 23.5. The smallest absolute Gasteiger partial charge is 0.306 e. The number of aliphatic hydroxyl groups is 1. The molecule has 5 fully saturated rings. The highest BCUT2D eigenvalue weighted by Crippen LogP contribution is 2.57. The maximum absolute atomic E-state index is 15.1. The molecule has 0 radical (unpaired) electrons. The van der Waals surface area contributed by atoms with Crippen molar-refractivity contribution in [3.63, 3.8) is 0 Å². The van der Waals surface area contributed by atoms with E-state index in [2.05, 4.69) is 63.3 Å². The van der Waals surface area contributed by atoms with Gasteiger partial charge < -0.3 is 53.2 Å². The van der Waals surface area contributed by atoms with Gasteiger partial charge in [-0.3, -0.25) is 9.59 Å². The summed E-state index contributed by atoms with van der Waals surface area (Å²) in [5, 5.41) is 16.7. The van der Waals surface area contributed by atoms with Crippen LogP contribution in [0.25, 0.3) is 0 Å². The van der Waals surface area contributed by atoms with E-state index in [0.717, 1.165) is 36.1 Å². The van der Waals surface area contributed by atoms with E-state index in [1.165, 1.54) is 0 Å². The van der Waals surface area contributed by atoms with Crippen LogP contribution in [0.2, 0.25) is 0 Å². The number of cyclic esters (lactones) is 1. The van der Waals surface area contributed by atoms with Crippen molar-refractivity contribution in [3.05, 3.63) is 41.0 Å². The molecule has 1 aromatic rings. The highest BCUT2D eigenvalue weighted by Gasteiger charge is 2.60. The first kappa shape index (κ1) is 47.5. The van der Waals surface area contributed by atoms with Gasteiger partial charge in [-0.1, -0.05) is 38.1 Å². The van der Waals surface area contributed by atoms with Gasteiger partial charge in [0.1, 0.15) is 24.4 Å². The number of nitrogens with zero attached hydrogens (tertiary/aromatic N) is 1. The lowest BCUT2D eigenvalue weighted by atomic mass is 9.62. The van der Waals surface area contributed by atoms with Gasteiger partial charge >= 0.3 is 5.97 Å². The molecule has 348 valence electrons. The molecule has 0 amide bonds. The van der Waals surface area contributed by atoms with Crippen LogP contribution in [-0.2, 0) is 47.5 Å². The van der Waals surface area contributed by atoms with Crippen molar-refractivity contribution >= 4 is 17.4 Å². The SMILES string of the molecule is CC[C@H]1CCC[C@H](O[C@H]2CC[C@H](N(C)C)C(C)O2)[C@@H](C)C(=O)C2=C[C@H]3[C@@H]4C[C@H](O[C@@H]5OC(C)[C@H](OC)C(OC)C5OC)C[C@H]4[C@H](Nc4c(C)cccc4C)[C@@H](O)[C@H]3[C@@H]2CC(=O)O1. The van der Waals surface area contributed by atoms with Gasteiger partial charge in [0.15, 0.2) is 18.4 Å². The zero-order valence-corrected chi connectivity index (χ0v) is 39.1. The fraction of sp³-hybridized carbons (Fsp3) is 0.796. The van der Waals surface area contributed by atoms with Crippen molar-refractivity contribution < 1.29 is 52.6 Å². The summed E-state index contributed by atoms with van der Waals surface area (Å²) < 4.78 is 50.4. The normalized spacial score (nSPS) is 42.9. The quantitative estimate of drug-likeness (QED) is 0.238. The first-order chi connectivity index (χ1) is 29.7. The second kappa shape index (κ2) is 20.4. The number of hydrogen-bond acceptors (Lipinski definition) is 13. The maximum atomic E-state index is 15.1. The van der Waals surface area contributed by atoms with Gasteiger partial charge in [0, 0.05) is 50.8 Å². The Kier molecular flexibility index (Phi) is 15.6. The minimum atomic E-state index is -0.879. The number of esters is 1. The Balaban J connectivity index is 1.22. The average Bonchev–Trinajstić information content (AvgIpc) is 3.82. The minimum Gasteiger partial charge on any atom is -0.462 e. The number of ether oxygens (including phenoxy) is 8. The van der Waals surface area contributed by atoms with Crippen LogP contribution >= 0.6 is 0 Å². The number of methoxy groups -OCH3 is 3. The molecular formula is C49H76N2O11. The lowest BCUT2D eigenvalue weighted by molar-refractivity contribution is -0.314. The number of nitrogens with one attached hydrogen (secondary N) is 1. The third-order valence-corrected chi connectivity index (χ3v) is 15.7. The average molecular weight is 869 g/mol. The number of likely N-dealkylation sites (N-methyl/N-ethyl adjacent to an activating group) is 1. The van der Waals surface area contributed by atoms with Gasteiger partial charge in [0.05, 0.1) is 43.0 Å². The van der Waals surface area contributed by atoms with Crippen LogP contribution in [0.1, 0.15) is 96.6 Å². The summed E-state index contributed by atoms with van der Waals surface area (Å²) in [6, 6.07) is 6.13. The second-order valence-corrected chi connectivity index (χ2v) is 19.5. The number of fused-ring (bicyclic) bond motifs is 5. The molecule has 4 unspecified atom stereocenters. The van der Waals surface area contributed by atoms with Crippen LogP contribution in [-0.4, -0.2) is 137 Å². The summed E-state index contributed by atoms with van der Waals surface area (Å²) in [5.74, 6) is -1.91. The van der Waals surface area contributed by atoms with Crippen LogP contribution in [0.5, 0.6) is 0 Å². The lowest BCUT2D eigenvalue weighted by Crippen LogP contribution is -2.59. The van der Waals surface area contributed by atoms with E-state index >= 15 is 4.79 Å². The van der Waals surface area contributed by atoms with Crippen molar-refractivity contribution in [2.75, 3.05) is 40.7 Å². The third-order valence-electron chi connectivity index (χ3n) is 15.7. The number of aliphatic hydroxyl groups excluding tert-OH is 1. The lowest BCUT2D eigenvalue weighted by Gasteiger charge is -2.47. The van der Waals surface area contributed by atoms with Crippen LogP contribution in [0.3, 0.4) is 0 Å². The van der Waals surface area contributed by atoms with E-state index in [0.29, 0.717) is 43.7 Å². The molecule has 2 saturated carbocycles. The van der Waals surface area contributed by atoms with Crippen LogP contribution in [0.4, 0.5) is 5.69 Å². The zero-order chi connectivity index (χ0) is 44.6. The molecule has 3 heterocycles. The molecule has 19 atom stereocenters. The van der Waals surface area contributed by atoms with E-state index in [9.17, 15) is 9.90 Å². The Morgan fingerprint density at radius 2 is 1.55 bits per heavy atom. The molecular weight excluding hydrogens is 793 g/mol. The van der Waals surface area contributed by atoms with Crippen LogP contribution in [0.15, 0.2) is 29.8 Å². The Hall–Kier alpha value is -2.46. The van der Waals surface area contributed by atoms with Crippen molar-refractivity contribution in [2.45, 2.75) is 179 Å².